The third kappa shape index (κ3) is 2.73. The van der Waals surface area contributed by atoms with Crippen LogP contribution in [0.3, 0.4) is 0 Å². The largest absolute Gasteiger partial charge is 0.485 e. The fourth-order valence-electron chi connectivity index (χ4n) is 0.977. The Hall–Kier alpha value is -1.03. The lowest BCUT2D eigenvalue weighted by atomic mass is 10.2. The minimum atomic E-state index is -0.475. The monoisotopic (exact) mass is 198 g/mol. The van der Waals surface area contributed by atoms with E-state index in [0.717, 1.165) is 0 Å². The first-order valence-electron chi connectivity index (χ1n) is 4.89. The first-order chi connectivity index (χ1) is 6.50. The van der Waals surface area contributed by atoms with E-state index in [-0.39, 0.29) is 6.10 Å². The molecule has 14 heavy (non-hydrogen) atoms. The lowest BCUT2D eigenvalue weighted by Gasteiger charge is -2.15. The molecule has 1 heterocycles. The van der Waals surface area contributed by atoms with E-state index in [9.17, 15) is 5.11 Å². The van der Waals surface area contributed by atoms with Gasteiger partial charge in [0.15, 0.2) is 5.75 Å². The molecule has 0 aliphatic heterocycles. The van der Waals surface area contributed by atoms with E-state index in [1.807, 2.05) is 17.8 Å². The average molecular weight is 198 g/mol. The second kappa shape index (κ2) is 4.46. The normalized spacial score (nSPS) is 15.6. The van der Waals surface area contributed by atoms with Crippen LogP contribution in [0.1, 0.15) is 33.7 Å². The highest BCUT2D eigenvalue weighted by Gasteiger charge is 2.11. The van der Waals surface area contributed by atoms with Crippen molar-refractivity contribution in [1.82, 2.24) is 9.78 Å². The molecule has 1 aromatic heterocycles. The van der Waals surface area contributed by atoms with Crippen LogP contribution in [-0.4, -0.2) is 27.1 Å². The highest BCUT2D eigenvalue weighted by atomic mass is 16.5. The van der Waals surface area contributed by atoms with Crippen LogP contribution >= 0.6 is 0 Å². The minimum Gasteiger partial charge on any atom is -0.485 e. The third-order valence-electron chi connectivity index (χ3n) is 2.11. The summed E-state index contributed by atoms with van der Waals surface area (Å²) in [5.74, 6) is 0.701. The Bertz CT molecular complexity index is 281. The quantitative estimate of drug-likeness (QED) is 0.799. The standard InChI is InChI=1S/C10H18N2O2/c1-7(2)12-6-10(5-11-12)14-9(4)8(3)13/h5-9,13H,1-4H3. The zero-order valence-electron chi connectivity index (χ0n) is 9.14. The second-order valence-corrected chi connectivity index (χ2v) is 3.81. The van der Waals surface area contributed by atoms with Crippen molar-refractivity contribution in [2.45, 2.75) is 45.9 Å². The molecule has 0 spiro atoms. The average Bonchev–Trinajstić information content (AvgIpc) is 2.52. The number of nitrogens with zero attached hydrogens (tertiary/aromatic N) is 2. The van der Waals surface area contributed by atoms with Crippen LogP contribution in [-0.2, 0) is 0 Å². The molecule has 2 unspecified atom stereocenters. The Morgan fingerprint density at radius 2 is 2.00 bits per heavy atom. The molecule has 0 bridgehead atoms. The van der Waals surface area contributed by atoms with Gasteiger partial charge in [-0.25, -0.2) is 0 Å². The molecule has 0 radical (unpaired) electrons. The molecule has 4 nitrogen and oxygen atoms in total. The van der Waals surface area contributed by atoms with Crippen LogP contribution in [0.15, 0.2) is 12.4 Å². The van der Waals surface area contributed by atoms with Crippen LogP contribution < -0.4 is 4.74 Å². The van der Waals surface area contributed by atoms with Crippen molar-refractivity contribution >= 4 is 0 Å². The third-order valence-corrected chi connectivity index (χ3v) is 2.11. The van der Waals surface area contributed by atoms with Gasteiger partial charge in [-0.05, 0) is 27.7 Å². The van der Waals surface area contributed by atoms with Crippen molar-refractivity contribution in [3.63, 3.8) is 0 Å². The first-order valence-corrected chi connectivity index (χ1v) is 4.89. The topological polar surface area (TPSA) is 47.3 Å². The lowest BCUT2D eigenvalue weighted by Crippen LogP contribution is -2.25. The van der Waals surface area contributed by atoms with E-state index in [0.29, 0.717) is 11.8 Å². The van der Waals surface area contributed by atoms with Gasteiger partial charge in [0.2, 0.25) is 0 Å². The molecule has 4 heteroatoms. The molecular formula is C10H18N2O2. The fraction of sp³-hybridized carbons (Fsp3) is 0.700. The summed E-state index contributed by atoms with van der Waals surface area (Å²) in [5, 5.41) is 13.4. The Labute approximate surface area is 84.5 Å². The minimum absolute atomic E-state index is 0.209. The van der Waals surface area contributed by atoms with Crippen molar-refractivity contribution in [2.24, 2.45) is 0 Å². The number of rotatable bonds is 4. The highest BCUT2D eigenvalue weighted by Crippen LogP contribution is 2.14. The molecule has 1 aromatic rings. The van der Waals surface area contributed by atoms with E-state index in [4.69, 9.17) is 4.74 Å². The van der Waals surface area contributed by atoms with Crippen LogP contribution in [0.2, 0.25) is 0 Å². The maximum Gasteiger partial charge on any atom is 0.157 e. The van der Waals surface area contributed by atoms with E-state index in [1.165, 1.54) is 0 Å². The van der Waals surface area contributed by atoms with Gasteiger partial charge in [-0.3, -0.25) is 4.68 Å². The predicted octanol–water partition coefficient (Wildman–Crippen LogP) is 1.61. The number of aliphatic hydroxyl groups excluding tert-OH is 1. The fourth-order valence-corrected chi connectivity index (χ4v) is 0.977. The predicted molar refractivity (Wildman–Crippen MR) is 54.4 cm³/mol. The molecule has 0 saturated heterocycles. The van der Waals surface area contributed by atoms with Crippen molar-refractivity contribution in [1.29, 1.82) is 0 Å². The van der Waals surface area contributed by atoms with Crippen LogP contribution in [0.4, 0.5) is 0 Å². The Balaban J connectivity index is 2.60. The zero-order chi connectivity index (χ0) is 10.7. The molecule has 1 rings (SSSR count). The Kier molecular flexibility index (Phi) is 3.52. The number of aromatic nitrogens is 2. The maximum absolute atomic E-state index is 9.25. The molecule has 1 N–H and O–H groups in total. The summed E-state index contributed by atoms with van der Waals surface area (Å²) < 4.78 is 7.30. The molecule has 0 aromatic carbocycles. The summed E-state index contributed by atoms with van der Waals surface area (Å²) in [5.41, 5.74) is 0. The van der Waals surface area contributed by atoms with E-state index < -0.39 is 6.10 Å². The maximum atomic E-state index is 9.25. The Morgan fingerprint density at radius 3 is 2.43 bits per heavy atom. The van der Waals surface area contributed by atoms with Gasteiger partial charge in [-0.15, -0.1) is 0 Å². The SMILES string of the molecule is CC(O)C(C)Oc1cnn(C(C)C)c1. The van der Waals surface area contributed by atoms with Gasteiger partial charge in [0, 0.05) is 6.04 Å². The summed E-state index contributed by atoms with van der Waals surface area (Å²) in [6.45, 7) is 7.64. The summed E-state index contributed by atoms with van der Waals surface area (Å²) >= 11 is 0. The van der Waals surface area contributed by atoms with Crippen LogP contribution in [0.25, 0.3) is 0 Å². The first kappa shape index (κ1) is 11.0. The van der Waals surface area contributed by atoms with Crippen molar-refractivity contribution in [3.05, 3.63) is 12.4 Å². The summed E-state index contributed by atoms with van der Waals surface area (Å²) in [4.78, 5) is 0. The van der Waals surface area contributed by atoms with E-state index >= 15 is 0 Å². The summed E-state index contributed by atoms with van der Waals surface area (Å²) in [6.07, 6.45) is 2.82. The second-order valence-electron chi connectivity index (χ2n) is 3.81. The lowest BCUT2D eigenvalue weighted by molar-refractivity contribution is 0.0603. The van der Waals surface area contributed by atoms with Crippen molar-refractivity contribution in [3.8, 4) is 5.75 Å². The van der Waals surface area contributed by atoms with Crippen LogP contribution in [0, 0.1) is 0 Å². The van der Waals surface area contributed by atoms with E-state index in [2.05, 4.69) is 18.9 Å². The zero-order valence-corrected chi connectivity index (χ0v) is 9.14. The van der Waals surface area contributed by atoms with Crippen molar-refractivity contribution in [2.75, 3.05) is 0 Å². The molecular weight excluding hydrogens is 180 g/mol. The summed E-state index contributed by atoms with van der Waals surface area (Å²) in [6, 6.07) is 0.328. The molecule has 0 saturated carbocycles. The van der Waals surface area contributed by atoms with Gasteiger partial charge in [0.1, 0.15) is 6.10 Å². The van der Waals surface area contributed by atoms with Gasteiger partial charge in [0.25, 0.3) is 0 Å². The summed E-state index contributed by atoms with van der Waals surface area (Å²) in [7, 11) is 0. The molecule has 0 fully saturated rings. The van der Waals surface area contributed by atoms with Crippen LogP contribution in [0.5, 0.6) is 5.75 Å². The Morgan fingerprint density at radius 1 is 1.36 bits per heavy atom. The van der Waals surface area contributed by atoms with Gasteiger partial charge in [0.05, 0.1) is 18.5 Å². The van der Waals surface area contributed by atoms with Gasteiger partial charge in [-0.1, -0.05) is 0 Å². The number of hydrogen-bond acceptors (Lipinski definition) is 3. The van der Waals surface area contributed by atoms with Gasteiger partial charge < -0.3 is 9.84 Å². The molecule has 0 aliphatic rings. The number of aliphatic hydroxyl groups is 1. The van der Waals surface area contributed by atoms with Gasteiger partial charge in [-0.2, -0.15) is 5.10 Å². The smallest absolute Gasteiger partial charge is 0.157 e. The molecule has 0 aliphatic carbocycles. The molecule has 80 valence electrons. The van der Waals surface area contributed by atoms with Gasteiger partial charge >= 0.3 is 0 Å². The number of ether oxygens (including phenoxy) is 1. The number of hydrogen-bond donors (Lipinski definition) is 1. The molecule has 0 amide bonds. The highest BCUT2D eigenvalue weighted by molar-refractivity contribution is 5.12. The van der Waals surface area contributed by atoms with Crippen molar-refractivity contribution < 1.29 is 9.84 Å². The molecule has 2 atom stereocenters. The van der Waals surface area contributed by atoms with E-state index in [1.54, 1.807) is 13.1 Å².